The van der Waals surface area contributed by atoms with Crippen molar-refractivity contribution in [3.8, 4) is 17.1 Å². The highest BCUT2D eigenvalue weighted by Crippen LogP contribution is 2.28. The number of nitrogens with zero attached hydrogens (tertiary/aromatic N) is 4. The zero-order valence-electron chi connectivity index (χ0n) is 16.5. The van der Waals surface area contributed by atoms with Crippen molar-refractivity contribution < 1.29 is 4.79 Å². The van der Waals surface area contributed by atoms with Crippen LogP contribution in [0.25, 0.3) is 17.1 Å². The number of thiophene rings is 1. The monoisotopic (exact) mass is 467 g/mol. The summed E-state index contributed by atoms with van der Waals surface area (Å²) < 4.78 is 1.92. The zero-order valence-corrected chi connectivity index (χ0v) is 18.9. The van der Waals surface area contributed by atoms with E-state index in [2.05, 4.69) is 20.7 Å². The van der Waals surface area contributed by atoms with Crippen LogP contribution in [0.3, 0.4) is 0 Å². The summed E-state index contributed by atoms with van der Waals surface area (Å²) in [6.07, 6.45) is 1.66. The molecule has 4 rings (SSSR count). The standard InChI is InChI=1S/C22H18ClN5OS2/c1-15-11-12-30-19(15)13-24-25-20(29)14-31-22-27-26-21(16-5-3-2-4-6-16)28(22)18-9-7-17(23)8-10-18/h2-13H,14H2,1H3,(H,25,29). The highest BCUT2D eigenvalue weighted by atomic mass is 35.5. The van der Waals surface area contributed by atoms with Crippen LogP contribution in [0.15, 0.2) is 76.3 Å². The van der Waals surface area contributed by atoms with E-state index in [4.69, 9.17) is 11.6 Å². The molecule has 0 spiro atoms. The fourth-order valence-corrected chi connectivity index (χ4v) is 4.46. The SMILES string of the molecule is Cc1ccsc1C=NNC(=O)CSc1nnc(-c2ccccc2)n1-c1ccc(Cl)cc1. The quantitative estimate of drug-likeness (QED) is 0.230. The van der Waals surface area contributed by atoms with E-state index in [0.29, 0.717) is 16.0 Å². The van der Waals surface area contributed by atoms with Crippen LogP contribution < -0.4 is 5.43 Å². The summed E-state index contributed by atoms with van der Waals surface area (Å²) >= 11 is 8.93. The highest BCUT2D eigenvalue weighted by Gasteiger charge is 2.17. The molecule has 0 bridgehead atoms. The molecule has 0 aliphatic carbocycles. The highest BCUT2D eigenvalue weighted by molar-refractivity contribution is 7.99. The normalized spacial score (nSPS) is 11.2. The van der Waals surface area contributed by atoms with E-state index < -0.39 is 0 Å². The van der Waals surface area contributed by atoms with E-state index in [-0.39, 0.29) is 11.7 Å². The van der Waals surface area contributed by atoms with Gasteiger partial charge < -0.3 is 0 Å². The van der Waals surface area contributed by atoms with Gasteiger partial charge in [0.05, 0.1) is 12.0 Å². The molecule has 4 aromatic rings. The maximum Gasteiger partial charge on any atom is 0.250 e. The minimum Gasteiger partial charge on any atom is -0.272 e. The summed E-state index contributed by atoms with van der Waals surface area (Å²) in [4.78, 5) is 13.3. The van der Waals surface area contributed by atoms with E-state index in [1.54, 1.807) is 17.6 Å². The van der Waals surface area contributed by atoms with Gasteiger partial charge in [0.15, 0.2) is 11.0 Å². The van der Waals surface area contributed by atoms with Crippen molar-refractivity contribution in [2.45, 2.75) is 12.1 Å². The summed E-state index contributed by atoms with van der Waals surface area (Å²) in [5.41, 5.74) is 5.48. The maximum atomic E-state index is 12.3. The Balaban J connectivity index is 1.52. The second-order valence-electron chi connectivity index (χ2n) is 6.53. The molecule has 31 heavy (non-hydrogen) atoms. The Labute approximate surface area is 193 Å². The number of nitrogens with one attached hydrogen (secondary N) is 1. The van der Waals surface area contributed by atoms with Crippen LogP contribution >= 0.6 is 34.7 Å². The molecule has 6 nitrogen and oxygen atoms in total. The van der Waals surface area contributed by atoms with Crippen molar-refractivity contribution in [2.75, 3.05) is 5.75 Å². The van der Waals surface area contributed by atoms with E-state index >= 15 is 0 Å². The number of hydrazone groups is 1. The van der Waals surface area contributed by atoms with Crippen LogP contribution in [-0.4, -0.2) is 32.6 Å². The topological polar surface area (TPSA) is 72.2 Å². The molecular formula is C22H18ClN5OS2. The Hall–Kier alpha value is -2.94. The summed E-state index contributed by atoms with van der Waals surface area (Å²) in [7, 11) is 0. The lowest BCUT2D eigenvalue weighted by atomic mass is 10.2. The van der Waals surface area contributed by atoms with Gasteiger partial charge in [-0.1, -0.05) is 53.7 Å². The summed E-state index contributed by atoms with van der Waals surface area (Å²) in [5.74, 6) is 0.626. The Kier molecular flexibility index (Phi) is 6.81. The molecule has 9 heteroatoms. The number of benzene rings is 2. The molecule has 1 N–H and O–H groups in total. The fourth-order valence-electron chi connectivity index (χ4n) is 2.80. The largest absolute Gasteiger partial charge is 0.272 e. The molecule has 0 saturated heterocycles. The van der Waals surface area contributed by atoms with Gasteiger partial charge in [-0.05, 0) is 48.2 Å². The zero-order chi connectivity index (χ0) is 21.6. The molecular weight excluding hydrogens is 450 g/mol. The van der Waals surface area contributed by atoms with Crippen LogP contribution in [0.2, 0.25) is 5.02 Å². The molecule has 0 fully saturated rings. The third-order valence-corrected chi connectivity index (χ3v) is 6.49. The Morgan fingerprint density at radius 2 is 1.94 bits per heavy atom. The van der Waals surface area contributed by atoms with Gasteiger partial charge >= 0.3 is 0 Å². The predicted molar refractivity (Wildman–Crippen MR) is 127 cm³/mol. The first kappa shape index (κ1) is 21.3. The van der Waals surface area contributed by atoms with Crippen LogP contribution in [0.1, 0.15) is 10.4 Å². The van der Waals surface area contributed by atoms with Crippen LogP contribution in [0.5, 0.6) is 0 Å². The lowest BCUT2D eigenvalue weighted by molar-refractivity contribution is -0.118. The Bertz CT molecular complexity index is 1200. The van der Waals surface area contributed by atoms with Crippen LogP contribution in [0.4, 0.5) is 0 Å². The number of aryl methyl sites for hydroxylation is 1. The van der Waals surface area contributed by atoms with E-state index in [1.165, 1.54) is 11.8 Å². The second-order valence-corrected chi connectivity index (χ2v) is 8.86. The number of rotatable bonds is 7. The molecule has 0 aliphatic heterocycles. The number of halogens is 1. The molecule has 0 unspecified atom stereocenters. The van der Waals surface area contributed by atoms with Crippen molar-refractivity contribution in [2.24, 2.45) is 5.10 Å². The summed E-state index contributed by atoms with van der Waals surface area (Å²) in [6, 6.07) is 19.2. The van der Waals surface area contributed by atoms with Crippen molar-refractivity contribution in [1.29, 1.82) is 0 Å². The van der Waals surface area contributed by atoms with E-state index in [1.807, 2.05) is 77.5 Å². The second kappa shape index (κ2) is 9.91. The fraction of sp³-hybridized carbons (Fsp3) is 0.0909. The number of carbonyl (C=O) groups is 1. The van der Waals surface area contributed by atoms with Gasteiger partial charge in [-0.25, -0.2) is 5.43 Å². The van der Waals surface area contributed by atoms with Gasteiger partial charge in [0.2, 0.25) is 0 Å². The van der Waals surface area contributed by atoms with Crippen LogP contribution in [0, 0.1) is 6.92 Å². The molecule has 0 aliphatic rings. The van der Waals surface area contributed by atoms with Crippen molar-refractivity contribution in [3.63, 3.8) is 0 Å². The van der Waals surface area contributed by atoms with Crippen molar-refractivity contribution in [3.05, 3.63) is 81.5 Å². The number of amides is 1. The minimum atomic E-state index is -0.220. The average Bonchev–Trinajstić information content (AvgIpc) is 3.40. The van der Waals surface area contributed by atoms with Gasteiger partial charge in [-0.2, -0.15) is 5.10 Å². The summed E-state index contributed by atoms with van der Waals surface area (Å²) in [6.45, 7) is 2.00. The van der Waals surface area contributed by atoms with Gasteiger partial charge in [-0.15, -0.1) is 21.5 Å². The van der Waals surface area contributed by atoms with Gasteiger partial charge in [-0.3, -0.25) is 9.36 Å². The maximum absolute atomic E-state index is 12.3. The first-order valence-electron chi connectivity index (χ1n) is 9.37. The van der Waals surface area contributed by atoms with Gasteiger partial charge in [0, 0.05) is 21.2 Å². The molecule has 0 saturated carbocycles. The molecule has 0 atom stereocenters. The van der Waals surface area contributed by atoms with Gasteiger partial charge in [0.25, 0.3) is 5.91 Å². The summed E-state index contributed by atoms with van der Waals surface area (Å²) in [5, 5.41) is 16.0. The van der Waals surface area contributed by atoms with E-state index in [9.17, 15) is 4.79 Å². The minimum absolute atomic E-state index is 0.154. The van der Waals surface area contributed by atoms with Crippen molar-refractivity contribution in [1.82, 2.24) is 20.2 Å². The van der Waals surface area contributed by atoms with E-state index in [0.717, 1.165) is 21.7 Å². The van der Waals surface area contributed by atoms with Crippen LogP contribution in [-0.2, 0) is 4.79 Å². The lowest BCUT2D eigenvalue weighted by Gasteiger charge is -2.10. The smallest absolute Gasteiger partial charge is 0.250 e. The van der Waals surface area contributed by atoms with Crippen molar-refractivity contribution >= 4 is 46.8 Å². The third-order valence-electron chi connectivity index (χ3n) is 4.36. The number of hydrogen-bond donors (Lipinski definition) is 1. The molecule has 0 radical (unpaired) electrons. The number of carbonyl (C=O) groups excluding carboxylic acids is 1. The first-order valence-corrected chi connectivity index (χ1v) is 11.6. The molecule has 2 heterocycles. The first-order chi connectivity index (χ1) is 15.1. The Morgan fingerprint density at radius 1 is 1.16 bits per heavy atom. The lowest BCUT2D eigenvalue weighted by Crippen LogP contribution is -2.20. The number of thioether (sulfide) groups is 1. The molecule has 2 aromatic heterocycles. The molecule has 156 valence electrons. The molecule has 1 amide bonds. The predicted octanol–water partition coefficient (Wildman–Crippen LogP) is 5.20. The average molecular weight is 468 g/mol. The third kappa shape index (κ3) is 5.22. The Morgan fingerprint density at radius 3 is 2.65 bits per heavy atom. The molecule has 2 aromatic carbocycles. The van der Waals surface area contributed by atoms with Gasteiger partial charge in [0.1, 0.15) is 0 Å². The number of hydrogen-bond acceptors (Lipinski definition) is 6. The number of aromatic nitrogens is 3.